The first-order valence-corrected chi connectivity index (χ1v) is 6.85. The Morgan fingerprint density at radius 3 is 2.50 bits per heavy atom. The molecule has 1 N–H and O–H groups in total. The first-order valence-electron chi connectivity index (χ1n) is 5.94. The Morgan fingerprint density at radius 2 is 1.90 bits per heavy atom. The number of rotatable bonds is 4. The molecule has 2 aromatic rings. The van der Waals surface area contributed by atoms with Crippen LogP contribution >= 0.6 is 23.2 Å². The third kappa shape index (κ3) is 3.44. The topological polar surface area (TPSA) is 38.3 Å². The number of hydrogen-bond acceptors (Lipinski definition) is 2. The summed E-state index contributed by atoms with van der Waals surface area (Å²) in [4.78, 5) is 12.1. The van der Waals surface area contributed by atoms with Gasteiger partial charge in [-0.3, -0.25) is 4.79 Å². The van der Waals surface area contributed by atoms with Gasteiger partial charge in [0.05, 0.1) is 12.1 Å². The molecule has 3 nitrogen and oxygen atoms in total. The number of anilines is 1. The van der Waals surface area contributed by atoms with Crippen molar-refractivity contribution < 1.29 is 9.53 Å². The Bertz CT molecular complexity index is 612. The minimum atomic E-state index is -0.199. The van der Waals surface area contributed by atoms with Crippen LogP contribution in [-0.2, 0) is 5.88 Å². The van der Waals surface area contributed by atoms with Gasteiger partial charge in [-0.25, -0.2) is 0 Å². The maximum Gasteiger partial charge on any atom is 0.255 e. The Morgan fingerprint density at radius 1 is 1.20 bits per heavy atom. The van der Waals surface area contributed by atoms with Gasteiger partial charge in [0, 0.05) is 23.2 Å². The van der Waals surface area contributed by atoms with Crippen molar-refractivity contribution in [3.8, 4) is 5.75 Å². The van der Waals surface area contributed by atoms with E-state index in [0.717, 1.165) is 5.56 Å². The molecule has 0 bridgehead atoms. The SMILES string of the molecule is COc1cc(NC(=O)c2ccc(CCl)cc2)ccc1Cl. The molecule has 1 amide bonds. The van der Waals surface area contributed by atoms with Crippen molar-refractivity contribution in [3.63, 3.8) is 0 Å². The normalized spacial score (nSPS) is 10.2. The van der Waals surface area contributed by atoms with Crippen LogP contribution in [0.1, 0.15) is 15.9 Å². The highest BCUT2D eigenvalue weighted by Crippen LogP contribution is 2.27. The molecule has 0 atom stereocenters. The highest BCUT2D eigenvalue weighted by atomic mass is 35.5. The molecule has 5 heteroatoms. The first kappa shape index (κ1) is 14.7. The van der Waals surface area contributed by atoms with E-state index in [2.05, 4.69) is 5.32 Å². The molecule has 2 aromatic carbocycles. The lowest BCUT2D eigenvalue weighted by molar-refractivity contribution is 0.102. The van der Waals surface area contributed by atoms with E-state index in [1.54, 1.807) is 30.3 Å². The minimum Gasteiger partial charge on any atom is -0.495 e. The van der Waals surface area contributed by atoms with Crippen molar-refractivity contribution in [3.05, 3.63) is 58.6 Å². The summed E-state index contributed by atoms with van der Waals surface area (Å²) in [6.07, 6.45) is 0. The van der Waals surface area contributed by atoms with Crippen molar-refractivity contribution in [2.24, 2.45) is 0 Å². The molecule has 0 heterocycles. The number of amides is 1. The summed E-state index contributed by atoms with van der Waals surface area (Å²) < 4.78 is 5.11. The van der Waals surface area contributed by atoms with Gasteiger partial charge in [0.1, 0.15) is 5.75 Å². The minimum absolute atomic E-state index is 0.199. The monoisotopic (exact) mass is 309 g/mol. The fraction of sp³-hybridized carbons (Fsp3) is 0.133. The molecule has 0 aromatic heterocycles. The summed E-state index contributed by atoms with van der Waals surface area (Å²) in [7, 11) is 1.53. The van der Waals surface area contributed by atoms with Crippen LogP contribution in [0, 0.1) is 0 Å². The molecule has 2 rings (SSSR count). The van der Waals surface area contributed by atoms with Gasteiger partial charge in [-0.05, 0) is 29.8 Å². The molecule has 0 aliphatic carbocycles. The number of methoxy groups -OCH3 is 1. The van der Waals surface area contributed by atoms with E-state index in [1.807, 2.05) is 12.1 Å². The first-order chi connectivity index (χ1) is 9.63. The van der Waals surface area contributed by atoms with Gasteiger partial charge in [0.25, 0.3) is 5.91 Å². The van der Waals surface area contributed by atoms with E-state index >= 15 is 0 Å². The zero-order valence-electron chi connectivity index (χ0n) is 10.8. The average molecular weight is 310 g/mol. The lowest BCUT2D eigenvalue weighted by Gasteiger charge is -2.08. The second kappa shape index (κ2) is 6.64. The predicted molar refractivity (Wildman–Crippen MR) is 82.0 cm³/mol. The molecule has 104 valence electrons. The molecule has 0 saturated carbocycles. The summed E-state index contributed by atoms with van der Waals surface area (Å²) in [6, 6.07) is 12.2. The van der Waals surface area contributed by atoms with E-state index in [9.17, 15) is 4.79 Å². The molecule has 20 heavy (non-hydrogen) atoms. The largest absolute Gasteiger partial charge is 0.495 e. The number of halogens is 2. The molecule has 0 spiro atoms. The van der Waals surface area contributed by atoms with Gasteiger partial charge in [0.15, 0.2) is 0 Å². The Kier molecular flexibility index (Phi) is 4.88. The highest BCUT2D eigenvalue weighted by Gasteiger charge is 2.08. The van der Waals surface area contributed by atoms with Crippen molar-refractivity contribution in [1.82, 2.24) is 0 Å². The zero-order valence-corrected chi connectivity index (χ0v) is 12.3. The molecular formula is C15H13Cl2NO2. The Balaban J connectivity index is 2.14. The van der Waals surface area contributed by atoms with Gasteiger partial charge in [-0.1, -0.05) is 23.7 Å². The summed E-state index contributed by atoms with van der Waals surface area (Å²) in [5, 5.41) is 3.28. The number of hydrogen-bond donors (Lipinski definition) is 1. The quantitative estimate of drug-likeness (QED) is 0.853. The second-order valence-electron chi connectivity index (χ2n) is 4.13. The number of nitrogens with one attached hydrogen (secondary N) is 1. The third-order valence-electron chi connectivity index (χ3n) is 2.78. The fourth-order valence-corrected chi connectivity index (χ4v) is 2.06. The van der Waals surface area contributed by atoms with Crippen LogP contribution in [0.5, 0.6) is 5.75 Å². The van der Waals surface area contributed by atoms with Gasteiger partial charge in [0.2, 0.25) is 0 Å². The van der Waals surface area contributed by atoms with Crippen LogP contribution in [-0.4, -0.2) is 13.0 Å². The van der Waals surface area contributed by atoms with Crippen LogP contribution in [0.4, 0.5) is 5.69 Å². The molecule has 0 aliphatic heterocycles. The maximum atomic E-state index is 12.1. The fourth-order valence-electron chi connectivity index (χ4n) is 1.69. The summed E-state index contributed by atoms with van der Waals surface area (Å²) >= 11 is 11.6. The number of alkyl halides is 1. The number of ether oxygens (including phenoxy) is 1. The number of carbonyl (C=O) groups excluding carboxylic acids is 1. The van der Waals surface area contributed by atoms with E-state index < -0.39 is 0 Å². The number of carbonyl (C=O) groups is 1. The van der Waals surface area contributed by atoms with Gasteiger partial charge in [-0.2, -0.15) is 0 Å². The zero-order chi connectivity index (χ0) is 14.5. The van der Waals surface area contributed by atoms with Crippen molar-refractivity contribution >= 4 is 34.8 Å². The molecule has 0 unspecified atom stereocenters. The molecular weight excluding hydrogens is 297 g/mol. The van der Waals surface area contributed by atoms with Crippen molar-refractivity contribution in [2.45, 2.75) is 5.88 Å². The van der Waals surface area contributed by atoms with Crippen LogP contribution in [0.3, 0.4) is 0 Å². The summed E-state index contributed by atoms with van der Waals surface area (Å²) in [5.41, 5.74) is 2.15. The van der Waals surface area contributed by atoms with E-state index in [0.29, 0.717) is 27.9 Å². The molecule has 0 fully saturated rings. The molecule has 0 radical (unpaired) electrons. The van der Waals surface area contributed by atoms with Gasteiger partial charge < -0.3 is 10.1 Å². The van der Waals surface area contributed by atoms with Crippen LogP contribution < -0.4 is 10.1 Å². The summed E-state index contributed by atoms with van der Waals surface area (Å²) in [6.45, 7) is 0. The molecule has 0 aliphatic rings. The van der Waals surface area contributed by atoms with E-state index in [-0.39, 0.29) is 5.91 Å². The van der Waals surface area contributed by atoms with Crippen molar-refractivity contribution in [2.75, 3.05) is 12.4 Å². The smallest absolute Gasteiger partial charge is 0.255 e. The van der Waals surface area contributed by atoms with E-state index in [4.69, 9.17) is 27.9 Å². The van der Waals surface area contributed by atoms with Gasteiger partial charge >= 0.3 is 0 Å². The number of benzene rings is 2. The standard InChI is InChI=1S/C15H13Cl2NO2/c1-20-14-8-12(6-7-13(14)17)18-15(19)11-4-2-10(9-16)3-5-11/h2-8H,9H2,1H3,(H,18,19). The predicted octanol–water partition coefficient (Wildman–Crippen LogP) is 4.34. The maximum absolute atomic E-state index is 12.1. The average Bonchev–Trinajstić information content (AvgIpc) is 2.49. The lowest BCUT2D eigenvalue weighted by atomic mass is 10.1. The van der Waals surface area contributed by atoms with Crippen LogP contribution in [0.15, 0.2) is 42.5 Å². The summed E-state index contributed by atoms with van der Waals surface area (Å²) in [5.74, 6) is 0.744. The van der Waals surface area contributed by atoms with Crippen molar-refractivity contribution in [1.29, 1.82) is 0 Å². The highest BCUT2D eigenvalue weighted by molar-refractivity contribution is 6.32. The Labute approximate surface area is 127 Å². The lowest BCUT2D eigenvalue weighted by Crippen LogP contribution is -2.11. The second-order valence-corrected chi connectivity index (χ2v) is 4.81. The Hall–Kier alpha value is -1.71. The van der Waals surface area contributed by atoms with Crippen LogP contribution in [0.25, 0.3) is 0 Å². The van der Waals surface area contributed by atoms with E-state index in [1.165, 1.54) is 7.11 Å². The van der Waals surface area contributed by atoms with Crippen LogP contribution in [0.2, 0.25) is 5.02 Å². The van der Waals surface area contributed by atoms with Gasteiger partial charge in [-0.15, -0.1) is 11.6 Å². The third-order valence-corrected chi connectivity index (χ3v) is 3.40. The molecule has 0 saturated heterocycles.